The summed E-state index contributed by atoms with van der Waals surface area (Å²) in [5, 5.41) is 3.57. The van der Waals surface area contributed by atoms with Gasteiger partial charge in [0.15, 0.2) is 0 Å². The topological polar surface area (TPSA) is 41.1 Å². The van der Waals surface area contributed by atoms with Crippen LogP contribution in [0.15, 0.2) is 41.0 Å². The van der Waals surface area contributed by atoms with Crippen LogP contribution in [0.4, 0.5) is 5.82 Å². The average molecular weight is 361 g/mol. The molecule has 0 saturated carbocycles. The fourth-order valence-corrected chi connectivity index (χ4v) is 3.49. The van der Waals surface area contributed by atoms with Crippen molar-refractivity contribution in [3.63, 3.8) is 0 Å². The Bertz CT molecular complexity index is 612. The number of rotatable bonds is 4. The molecule has 5 heteroatoms. The van der Waals surface area contributed by atoms with Crippen molar-refractivity contribution < 1.29 is 0 Å². The van der Waals surface area contributed by atoms with Gasteiger partial charge in [-0.3, -0.25) is 4.90 Å². The third-order valence-corrected chi connectivity index (χ3v) is 4.48. The van der Waals surface area contributed by atoms with Crippen molar-refractivity contribution in [3.05, 3.63) is 52.4 Å². The Morgan fingerprint density at radius 1 is 1.23 bits per heavy atom. The van der Waals surface area contributed by atoms with Gasteiger partial charge in [0, 0.05) is 31.7 Å². The highest BCUT2D eigenvalue weighted by Gasteiger charge is 2.29. The molecule has 1 fully saturated rings. The standard InChI is InChI=1S/C17H21BrN4/c1-12-9-22(10-14-6-4-3-5-7-14)11-15(12)21-17-8-16(18)19-13(2)20-17/h3-8,12,15H,9-11H2,1-2H3,(H,19,20,21). The summed E-state index contributed by atoms with van der Waals surface area (Å²) >= 11 is 3.43. The van der Waals surface area contributed by atoms with Crippen molar-refractivity contribution in [1.29, 1.82) is 0 Å². The summed E-state index contributed by atoms with van der Waals surface area (Å²) in [5.74, 6) is 2.28. The molecule has 2 atom stereocenters. The molecule has 2 heterocycles. The van der Waals surface area contributed by atoms with Gasteiger partial charge in [0.05, 0.1) is 0 Å². The molecule has 2 aromatic rings. The van der Waals surface area contributed by atoms with E-state index in [0.29, 0.717) is 12.0 Å². The maximum atomic E-state index is 4.47. The molecule has 1 aromatic heterocycles. The second kappa shape index (κ2) is 6.75. The Hall–Kier alpha value is -1.46. The number of halogens is 1. The summed E-state index contributed by atoms with van der Waals surface area (Å²) in [4.78, 5) is 11.2. The van der Waals surface area contributed by atoms with Gasteiger partial charge < -0.3 is 5.32 Å². The molecule has 1 aromatic carbocycles. The second-order valence-electron chi connectivity index (χ2n) is 6.03. The fraction of sp³-hybridized carbons (Fsp3) is 0.412. The molecule has 2 unspecified atom stereocenters. The normalized spacial score (nSPS) is 22.0. The van der Waals surface area contributed by atoms with Crippen LogP contribution in [0.5, 0.6) is 0 Å². The van der Waals surface area contributed by atoms with Crippen LogP contribution < -0.4 is 5.32 Å². The van der Waals surface area contributed by atoms with E-state index >= 15 is 0 Å². The van der Waals surface area contributed by atoms with Crippen molar-refractivity contribution in [3.8, 4) is 0 Å². The van der Waals surface area contributed by atoms with Crippen molar-refractivity contribution in [2.24, 2.45) is 5.92 Å². The van der Waals surface area contributed by atoms with Gasteiger partial charge >= 0.3 is 0 Å². The number of hydrogen-bond acceptors (Lipinski definition) is 4. The minimum absolute atomic E-state index is 0.421. The minimum Gasteiger partial charge on any atom is -0.366 e. The maximum Gasteiger partial charge on any atom is 0.131 e. The van der Waals surface area contributed by atoms with Gasteiger partial charge in [-0.05, 0) is 34.3 Å². The lowest BCUT2D eigenvalue weighted by Crippen LogP contribution is -2.28. The van der Waals surface area contributed by atoms with Crippen LogP contribution in [-0.2, 0) is 6.54 Å². The van der Waals surface area contributed by atoms with Crippen LogP contribution in [0, 0.1) is 12.8 Å². The predicted octanol–water partition coefficient (Wildman–Crippen LogP) is 3.48. The molecule has 0 bridgehead atoms. The zero-order valence-corrected chi connectivity index (χ0v) is 14.5. The Kier molecular flexibility index (Phi) is 4.74. The number of hydrogen-bond donors (Lipinski definition) is 1. The Balaban J connectivity index is 1.63. The summed E-state index contributed by atoms with van der Waals surface area (Å²) in [5.41, 5.74) is 1.37. The first-order valence-corrected chi connectivity index (χ1v) is 8.43. The summed E-state index contributed by atoms with van der Waals surface area (Å²) in [6.07, 6.45) is 0. The van der Waals surface area contributed by atoms with Gasteiger partial charge in [-0.2, -0.15) is 0 Å². The largest absolute Gasteiger partial charge is 0.366 e. The monoisotopic (exact) mass is 360 g/mol. The van der Waals surface area contributed by atoms with E-state index in [1.54, 1.807) is 0 Å². The summed E-state index contributed by atoms with van der Waals surface area (Å²) in [7, 11) is 0. The quantitative estimate of drug-likeness (QED) is 0.847. The molecule has 1 saturated heterocycles. The lowest BCUT2D eigenvalue weighted by Gasteiger charge is -2.18. The molecule has 1 aliphatic heterocycles. The van der Waals surface area contributed by atoms with Crippen LogP contribution in [0.25, 0.3) is 0 Å². The number of aryl methyl sites for hydroxylation is 1. The first-order chi connectivity index (χ1) is 10.6. The van der Waals surface area contributed by atoms with E-state index in [9.17, 15) is 0 Å². The molecule has 116 valence electrons. The third-order valence-electron chi connectivity index (χ3n) is 4.08. The molecule has 3 rings (SSSR count). The molecule has 0 spiro atoms. The highest BCUT2D eigenvalue weighted by molar-refractivity contribution is 9.10. The van der Waals surface area contributed by atoms with E-state index in [0.717, 1.165) is 35.9 Å². The smallest absolute Gasteiger partial charge is 0.131 e. The first-order valence-electron chi connectivity index (χ1n) is 7.64. The average Bonchev–Trinajstić information content (AvgIpc) is 2.78. The highest BCUT2D eigenvalue weighted by Crippen LogP contribution is 2.22. The maximum absolute atomic E-state index is 4.47. The molecule has 0 aliphatic carbocycles. The fourth-order valence-electron chi connectivity index (χ4n) is 3.02. The first kappa shape index (κ1) is 15.4. The van der Waals surface area contributed by atoms with E-state index in [4.69, 9.17) is 0 Å². The van der Waals surface area contributed by atoms with Crippen LogP contribution in [0.2, 0.25) is 0 Å². The van der Waals surface area contributed by atoms with Gasteiger partial charge in [-0.25, -0.2) is 9.97 Å². The van der Waals surface area contributed by atoms with Crippen LogP contribution >= 0.6 is 15.9 Å². The lowest BCUT2D eigenvalue weighted by atomic mass is 10.1. The zero-order chi connectivity index (χ0) is 15.5. The van der Waals surface area contributed by atoms with E-state index in [2.05, 4.69) is 73.4 Å². The Morgan fingerprint density at radius 2 is 2.00 bits per heavy atom. The minimum atomic E-state index is 0.421. The Labute approximate surface area is 140 Å². The van der Waals surface area contributed by atoms with Gasteiger partial charge in [0.2, 0.25) is 0 Å². The number of benzene rings is 1. The number of anilines is 1. The van der Waals surface area contributed by atoms with Crippen molar-refractivity contribution >= 4 is 21.7 Å². The van der Waals surface area contributed by atoms with Crippen molar-refractivity contribution in [2.75, 3.05) is 18.4 Å². The van der Waals surface area contributed by atoms with Gasteiger partial charge in [-0.1, -0.05) is 37.3 Å². The van der Waals surface area contributed by atoms with E-state index in [1.807, 2.05) is 13.0 Å². The molecule has 0 radical (unpaired) electrons. The number of nitrogens with one attached hydrogen (secondary N) is 1. The second-order valence-corrected chi connectivity index (χ2v) is 6.84. The summed E-state index contributed by atoms with van der Waals surface area (Å²) in [6, 6.07) is 13.0. The summed E-state index contributed by atoms with van der Waals surface area (Å²) in [6.45, 7) is 7.37. The molecular formula is C17H21BrN4. The van der Waals surface area contributed by atoms with Gasteiger partial charge in [0.1, 0.15) is 16.2 Å². The molecular weight excluding hydrogens is 340 g/mol. The number of aromatic nitrogens is 2. The highest BCUT2D eigenvalue weighted by atomic mass is 79.9. The number of nitrogens with zero attached hydrogens (tertiary/aromatic N) is 3. The third kappa shape index (κ3) is 3.84. The lowest BCUT2D eigenvalue weighted by molar-refractivity contribution is 0.319. The zero-order valence-electron chi connectivity index (χ0n) is 13.0. The molecule has 22 heavy (non-hydrogen) atoms. The molecule has 4 nitrogen and oxygen atoms in total. The van der Waals surface area contributed by atoms with Crippen LogP contribution in [-0.4, -0.2) is 34.0 Å². The van der Waals surface area contributed by atoms with Crippen molar-refractivity contribution in [1.82, 2.24) is 14.9 Å². The van der Waals surface area contributed by atoms with Crippen LogP contribution in [0.1, 0.15) is 18.3 Å². The van der Waals surface area contributed by atoms with E-state index < -0.39 is 0 Å². The predicted molar refractivity (Wildman–Crippen MR) is 92.8 cm³/mol. The molecule has 0 amide bonds. The SMILES string of the molecule is Cc1nc(Br)cc(NC2CN(Cc3ccccc3)CC2C)n1. The Morgan fingerprint density at radius 3 is 2.73 bits per heavy atom. The molecule has 1 N–H and O–H groups in total. The van der Waals surface area contributed by atoms with Crippen molar-refractivity contribution in [2.45, 2.75) is 26.4 Å². The van der Waals surface area contributed by atoms with Crippen LogP contribution in [0.3, 0.4) is 0 Å². The van der Waals surface area contributed by atoms with E-state index in [-0.39, 0.29) is 0 Å². The molecule has 1 aliphatic rings. The van der Waals surface area contributed by atoms with E-state index in [1.165, 1.54) is 5.56 Å². The number of likely N-dealkylation sites (tertiary alicyclic amines) is 1. The van der Waals surface area contributed by atoms with Gasteiger partial charge in [0.25, 0.3) is 0 Å². The summed E-state index contributed by atoms with van der Waals surface area (Å²) < 4.78 is 0.828. The van der Waals surface area contributed by atoms with Gasteiger partial charge in [-0.15, -0.1) is 0 Å².